The summed E-state index contributed by atoms with van der Waals surface area (Å²) >= 11 is 6.14. The molecule has 0 saturated heterocycles. The minimum atomic E-state index is -0.0965. The minimum absolute atomic E-state index is 0.0965. The number of hydrogen-bond donors (Lipinski definition) is 0. The number of fused-ring (bicyclic) bond motifs is 1. The molecule has 0 aliphatic carbocycles. The lowest BCUT2D eigenvalue weighted by Gasteiger charge is -2.03. The van der Waals surface area contributed by atoms with Crippen LogP contribution in [0.4, 0.5) is 0 Å². The van der Waals surface area contributed by atoms with Crippen molar-refractivity contribution in [1.82, 2.24) is 9.78 Å². The van der Waals surface area contributed by atoms with Crippen LogP contribution in [0.5, 0.6) is 11.5 Å². The van der Waals surface area contributed by atoms with E-state index in [0.717, 1.165) is 11.3 Å². The molecule has 0 unspecified atom stereocenters. The van der Waals surface area contributed by atoms with E-state index in [4.69, 9.17) is 21.1 Å². The lowest BCUT2D eigenvalue weighted by atomic mass is 10.1. The van der Waals surface area contributed by atoms with E-state index in [1.165, 1.54) is 6.08 Å². The van der Waals surface area contributed by atoms with Crippen molar-refractivity contribution in [2.24, 2.45) is 0 Å². The summed E-state index contributed by atoms with van der Waals surface area (Å²) in [5.41, 5.74) is 2.27. The van der Waals surface area contributed by atoms with Crippen LogP contribution in [0, 0.1) is 0 Å². The van der Waals surface area contributed by atoms with Crippen molar-refractivity contribution in [1.29, 1.82) is 0 Å². The fourth-order valence-electron chi connectivity index (χ4n) is 2.55. The molecular weight excluding hydrogens is 340 g/mol. The molecule has 25 heavy (non-hydrogen) atoms. The first-order valence-electron chi connectivity index (χ1n) is 7.62. The van der Waals surface area contributed by atoms with Crippen molar-refractivity contribution in [3.8, 4) is 17.2 Å². The van der Waals surface area contributed by atoms with E-state index in [-0.39, 0.29) is 12.6 Å². The van der Waals surface area contributed by atoms with Gasteiger partial charge in [-0.1, -0.05) is 17.7 Å². The quantitative estimate of drug-likeness (QED) is 0.523. The summed E-state index contributed by atoms with van der Waals surface area (Å²) in [7, 11) is 0. The third kappa shape index (κ3) is 3.14. The molecule has 1 aromatic heterocycles. The number of allylic oxidation sites excluding steroid dienone is 1. The highest BCUT2D eigenvalue weighted by Crippen LogP contribution is 2.40. The number of ether oxygens (including phenoxy) is 2. The molecule has 2 heterocycles. The predicted molar refractivity (Wildman–Crippen MR) is 94.5 cm³/mol. The molecule has 0 amide bonds. The highest BCUT2D eigenvalue weighted by atomic mass is 35.5. The number of hydrogen-bond acceptors (Lipinski definition) is 4. The van der Waals surface area contributed by atoms with Crippen molar-refractivity contribution < 1.29 is 14.3 Å². The van der Waals surface area contributed by atoms with Crippen LogP contribution >= 0.6 is 11.6 Å². The third-order valence-electron chi connectivity index (χ3n) is 3.80. The number of benzene rings is 2. The summed E-state index contributed by atoms with van der Waals surface area (Å²) in [5.74, 6) is 1.03. The molecule has 0 bridgehead atoms. The van der Waals surface area contributed by atoms with Crippen LogP contribution in [-0.2, 0) is 0 Å². The first-order chi connectivity index (χ1) is 12.2. The van der Waals surface area contributed by atoms with E-state index in [9.17, 15) is 4.79 Å². The Labute approximate surface area is 149 Å². The van der Waals surface area contributed by atoms with Gasteiger partial charge in [0.15, 0.2) is 17.3 Å². The van der Waals surface area contributed by atoms with E-state index in [0.29, 0.717) is 22.1 Å². The molecule has 0 atom stereocenters. The van der Waals surface area contributed by atoms with E-state index in [1.54, 1.807) is 41.2 Å². The second-order valence-corrected chi connectivity index (χ2v) is 5.84. The van der Waals surface area contributed by atoms with E-state index < -0.39 is 0 Å². The van der Waals surface area contributed by atoms with Gasteiger partial charge in [0.1, 0.15) is 0 Å². The maximum Gasteiger partial charge on any atom is 0.231 e. The molecule has 0 radical (unpaired) electrons. The maximum atomic E-state index is 12.3. The third-order valence-corrected chi connectivity index (χ3v) is 4.08. The number of carbonyl (C=O) groups is 1. The first kappa shape index (κ1) is 15.5. The Kier molecular flexibility index (Phi) is 3.99. The van der Waals surface area contributed by atoms with Crippen molar-refractivity contribution in [3.63, 3.8) is 0 Å². The Bertz CT molecular complexity index is 948. The summed E-state index contributed by atoms with van der Waals surface area (Å²) < 4.78 is 12.3. The Morgan fingerprint density at radius 2 is 2.04 bits per heavy atom. The molecule has 1 aliphatic rings. The number of halogens is 1. The van der Waals surface area contributed by atoms with Gasteiger partial charge in [0, 0.05) is 18.0 Å². The Morgan fingerprint density at radius 1 is 1.20 bits per heavy atom. The van der Waals surface area contributed by atoms with Crippen molar-refractivity contribution in [3.05, 3.63) is 77.1 Å². The lowest BCUT2D eigenvalue weighted by molar-refractivity contribution is 0.104. The maximum absolute atomic E-state index is 12.3. The zero-order valence-electron chi connectivity index (χ0n) is 13.1. The molecule has 124 valence electrons. The highest BCUT2D eigenvalue weighted by Gasteiger charge is 2.17. The molecule has 6 heteroatoms. The van der Waals surface area contributed by atoms with Crippen molar-refractivity contribution >= 4 is 23.5 Å². The van der Waals surface area contributed by atoms with Crippen LogP contribution in [0.15, 0.2) is 60.9 Å². The number of rotatable bonds is 4. The molecule has 5 nitrogen and oxygen atoms in total. The second-order valence-electron chi connectivity index (χ2n) is 5.43. The van der Waals surface area contributed by atoms with Crippen molar-refractivity contribution in [2.45, 2.75) is 0 Å². The number of carbonyl (C=O) groups excluding carboxylic acids is 1. The van der Waals surface area contributed by atoms with Crippen LogP contribution in [-0.4, -0.2) is 22.4 Å². The van der Waals surface area contributed by atoms with Gasteiger partial charge in [-0.3, -0.25) is 4.79 Å². The van der Waals surface area contributed by atoms with E-state index in [2.05, 4.69) is 5.10 Å². The highest BCUT2D eigenvalue weighted by molar-refractivity contribution is 6.32. The van der Waals surface area contributed by atoms with Gasteiger partial charge in [-0.2, -0.15) is 5.10 Å². The average molecular weight is 353 g/mol. The van der Waals surface area contributed by atoms with Crippen LogP contribution in [0.3, 0.4) is 0 Å². The molecule has 1 aliphatic heterocycles. The van der Waals surface area contributed by atoms with Gasteiger partial charge in [0.25, 0.3) is 0 Å². The van der Waals surface area contributed by atoms with Gasteiger partial charge < -0.3 is 9.47 Å². The SMILES string of the molecule is O=C(/C=C/c1cc(Cl)c2c(c1)OCO2)c1ccc(-n2cccn2)cc1. The van der Waals surface area contributed by atoms with Gasteiger partial charge in [-0.15, -0.1) is 0 Å². The van der Waals surface area contributed by atoms with Crippen LogP contribution < -0.4 is 9.47 Å². The summed E-state index contributed by atoms with van der Waals surface area (Å²) in [6, 6.07) is 12.6. The normalized spacial score (nSPS) is 12.7. The molecule has 0 spiro atoms. The molecule has 0 N–H and O–H groups in total. The second kappa shape index (κ2) is 6.45. The molecule has 3 aromatic rings. The van der Waals surface area contributed by atoms with E-state index >= 15 is 0 Å². The molecular formula is C19H13ClN2O3. The smallest absolute Gasteiger partial charge is 0.231 e. The predicted octanol–water partition coefficient (Wildman–Crippen LogP) is 4.15. The number of ketones is 1. The largest absolute Gasteiger partial charge is 0.454 e. The fourth-order valence-corrected chi connectivity index (χ4v) is 2.83. The first-order valence-corrected chi connectivity index (χ1v) is 8.00. The molecule has 0 fully saturated rings. The zero-order valence-corrected chi connectivity index (χ0v) is 13.8. The summed E-state index contributed by atoms with van der Waals surface area (Å²) in [5, 5.41) is 4.62. The van der Waals surface area contributed by atoms with Crippen LogP contribution in [0.1, 0.15) is 15.9 Å². The fraction of sp³-hybridized carbons (Fsp3) is 0.0526. The van der Waals surface area contributed by atoms with Gasteiger partial charge in [-0.25, -0.2) is 4.68 Å². The topological polar surface area (TPSA) is 53.4 Å². The van der Waals surface area contributed by atoms with E-state index in [1.807, 2.05) is 24.4 Å². The monoisotopic (exact) mass is 352 g/mol. The van der Waals surface area contributed by atoms with Crippen LogP contribution in [0.2, 0.25) is 5.02 Å². The van der Waals surface area contributed by atoms with Gasteiger partial charge in [-0.05, 0) is 54.1 Å². The zero-order chi connectivity index (χ0) is 17.2. The Balaban J connectivity index is 1.52. The molecule has 0 saturated carbocycles. The molecule has 2 aromatic carbocycles. The van der Waals surface area contributed by atoms with Gasteiger partial charge >= 0.3 is 0 Å². The number of nitrogens with zero attached hydrogens (tertiary/aromatic N) is 2. The van der Waals surface area contributed by atoms with Gasteiger partial charge in [0.2, 0.25) is 6.79 Å². The number of aromatic nitrogens is 2. The van der Waals surface area contributed by atoms with Gasteiger partial charge in [0.05, 0.1) is 10.7 Å². The lowest BCUT2D eigenvalue weighted by Crippen LogP contribution is -1.97. The average Bonchev–Trinajstić information content (AvgIpc) is 3.31. The van der Waals surface area contributed by atoms with Crippen LogP contribution in [0.25, 0.3) is 11.8 Å². The Hall–Kier alpha value is -3.05. The minimum Gasteiger partial charge on any atom is -0.454 e. The molecule has 4 rings (SSSR count). The summed E-state index contributed by atoms with van der Waals surface area (Å²) in [4.78, 5) is 12.3. The standard InChI is InChI=1S/C19H13ClN2O3/c20-16-10-13(11-18-19(16)25-12-24-18)2-7-17(23)14-3-5-15(6-4-14)22-9-1-8-21-22/h1-11H,12H2/b7-2+. The summed E-state index contributed by atoms with van der Waals surface area (Å²) in [6.07, 6.45) is 6.77. The van der Waals surface area contributed by atoms with Crippen molar-refractivity contribution in [2.75, 3.05) is 6.79 Å². The Morgan fingerprint density at radius 3 is 2.80 bits per heavy atom. The summed E-state index contributed by atoms with van der Waals surface area (Å²) in [6.45, 7) is 0.157.